The Morgan fingerprint density at radius 1 is 1.47 bits per heavy atom. The van der Waals surface area contributed by atoms with Crippen LogP contribution in [0.5, 0.6) is 5.75 Å². The average molecular weight is 322 g/mol. The van der Waals surface area contributed by atoms with Gasteiger partial charge in [-0.25, -0.2) is 0 Å². The standard InChI is InChI=1S/C15H16BrNO2/c1-19-13-6-5-12(16)8-11(13)9-15(10-17)7-3-2-4-14(15)18/h5-6,8H,2-4,7,9H2,1H3. The van der Waals surface area contributed by atoms with Gasteiger partial charge >= 0.3 is 0 Å². The molecule has 19 heavy (non-hydrogen) atoms. The molecule has 1 aromatic carbocycles. The molecule has 4 heteroatoms. The van der Waals surface area contributed by atoms with Gasteiger partial charge in [0.05, 0.1) is 13.2 Å². The summed E-state index contributed by atoms with van der Waals surface area (Å²) >= 11 is 3.42. The minimum atomic E-state index is -0.869. The monoisotopic (exact) mass is 321 g/mol. The van der Waals surface area contributed by atoms with Crippen molar-refractivity contribution in [3.8, 4) is 11.8 Å². The zero-order chi connectivity index (χ0) is 13.9. The molecule has 1 unspecified atom stereocenters. The summed E-state index contributed by atoms with van der Waals surface area (Å²) in [5, 5.41) is 9.48. The largest absolute Gasteiger partial charge is 0.496 e. The molecule has 0 amide bonds. The van der Waals surface area contributed by atoms with Gasteiger partial charge in [0.25, 0.3) is 0 Å². The fourth-order valence-electron chi connectivity index (χ4n) is 2.65. The van der Waals surface area contributed by atoms with Crippen molar-refractivity contribution in [3.05, 3.63) is 28.2 Å². The van der Waals surface area contributed by atoms with Crippen molar-refractivity contribution in [3.63, 3.8) is 0 Å². The lowest BCUT2D eigenvalue weighted by molar-refractivity contribution is -0.128. The van der Waals surface area contributed by atoms with E-state index in [1.54, 1.807) is 7.11 Å². The highest BCUT2D eigenvalue weighted by molar-refractivity contribution is 9.10. The van der Waals surface area contributed by atoms with Gasteiger partial charge in [-0.2, -0.15) is 5.26 Å². The average Bonchev–Trinajstić information content (AvgIpc) is 2.42. The van der Waals surface area contributed by atoms with Crippen molar-refractivity contribution in [2.75, 3.05) is 7.11 Å². The second-order valence-electron chi connectivity index (χ2n) is 4.96. The smallest absolute Gasteiger partial charge is 0.153 e. The van der Waals surface area contributed by atoms with Crippen LogP contribution in [0.3, 0.4) is 0 Å². The van der Waals surface area contributed by atoms with Crippen molar-refractivity contribution >= 4 is 21.7 Å². The van der Waals surface area contributed by atoms with Gasteiger partial charge in [-0.3, -0.25) is 4.79 Å². The van der Waals surface area contributed by atoms with Crippen LogP contribution in [-0.4, -0.2) is 12.9 Å². The molecular weight excluding hydrogens is 306 g/mol. The summed E-state index contributed by atoms with van der Waals surface area (Å²) in [7, 11) is 1.61. The third-order valence-electron chi connectivity index (χ3n) is 3.74. The Hall–Kier alpha value is -1.34. The van der Waals surface area contributed by atoms with Crippen LogP contribution in [-0.2, 0) is 11.2 Å². The van der Waals surface area contributed by atoms with E-state index in [2.05, 4.69) is 22.0 Å². The highest BCUT2D eigenvalue weighted by atomic mass is 79.9. The van der Waals surface area contributed by atoms with Crippen LogP contribution in [0, 0.1) is 16.7 Å². The molecular formula is C15H16BrNO2. The Bertz CT molecular complexity index is 535. The lowest BCUT2D eigenvalue weighted by atomic mass is 9.70. The summed E-state index contributed by atoms with van der Waals surface area (Å²) in [6.07, 6.45) is 3.44. The number of hydrogen-bond acceptors (Lipinski definition) is 3. The molecule has 0 saturated heterocycles. The van der Waals surface area contributed by atoms with Crippen LogP contribution in [0.2, 0.25) is 0 Å². The van der Waals surface area contributed by atoms with Crippen LogP contribution in [0.4, 0.5) is 0 Å². The van der Waals surface area contributed by atoms with Gasteiger partial charge in [-0.15, -0.1) is 0 Å². The van der Waals surface area contributed by atoms with Crippen molar-refractivity contribution in [1.82, 2.24) is 0 Å². The molecule has 2 rings (SSSR count). The van der Waals surface area contributed by atoms with Crippen LogP contribution in [0.1, 0.15) is 31.2 Å². The quantitative estimate of drug-likeness (QED) is 0.853. The number of nitrogens with zero attached hydrogens (tertiary/aromatic N) is 1. The lowest BCUT2D eigenvalue weighted by Crippen LogP contribution is -2.35. The molecule has 1 aliphatic carbocycles. The number of carbonyl (C=O) groups is 1. The molecule has 0 radical (unpaired) electrons. The number of hydrogen-bond donors (Lipinski definition) is 0. The summed E-state index contributed by atoms with van der Waals surface area (Å²) < 4.78 is 6.26. The third-order valence-corrected chi connectivity index (χ3v) is 4.23. The molecule has 1 atom stereocenters. The third kappa shape index (κ3) is 2.82. The Kier molecular flexibility index (Phi) is 4.26. The number of ketones is 1. The minimum Gasteiger partial charge on any atom is -0.496 e. The van der Waals surface area contributed by atoms with Gasteiger partial charge in [0.1, 0.15) is 11.2 Å². The van der Waals surface area contributed by atoms with Crippen LogP contribution >= 0.6 is 15.9 Å². The summed E-state index contributed by atoms with van der Waals surface area (Å²) in [5.41, 5.74) is 0.0421. The summed E-state index contributed by atoms with van der Waals surface area (Å²) in [4.78, 5) is 12.2. The molecule has 1 saturated carbocycles. The van der Waals surface area contributed by atoms with Gasteiger partial charge in [0.2, 0.25) is 0 Å². The van der Waals surface area contributed by atoms with Gasteiger partial charge in [0.15, 0.2) is 5.78 Å². The predicted molar refractivity (Wildman–Crippen MR) is 75.9 cm³/mol. The molecule has 1 aliphatic rings. The van der Waals surface area contributed by atoms with Crippen LogP contribution in [0.25, 0.3) is 0 Å². The zero-order valence-corrected chi connectivity index (χ0v) is 12.5. The van der Waals surface area contributed by atoms with Gasteiger partial charge in [-0.05, 0) is 36.6 Å². The predicted octanol–water partition coefficient (Wildman–Crippen LogP) is 3.65. The number of nitriles is 1. The summed E-state index contributed by atoms with van der Waals surface area (Å²) in [5.74, 6) is 0.805. The summed E-state index contributed by atoms with van der Waals surface area (Å²) in [6, 6.07) is 7.95. The van der Waals surface area contributed by atoms with Crippen molar-refractivity contribution < 1.29 is 9.53 Å². The normalized spacial score (nSPS) is 22.9. The van der Waals surface area contributed by atoms with E-state index in [-0.39, 0.29) is 5.78 Å². The summed E-state index contributed by atoms with van der Waals surface area (Å²) in [6.45, 7) is 0. The van der Waals surface area contributed by atoms with E-state index >= 15 is 0 Å². The van der Waals surface area contributed by atoms with Crippen molar-refractivity contribution in [2.45, 2.75) is 32.1 Å². The Morgan fingerprint density at radius 2 is 2.26 bits per heavy atom. The molecule has 1 fully saturated rings. The fourth-order valence-corrected chi connectivity index (χ4v) is 3.05. The molecule has 0 bridgehead atoms. The Morgan fingerprint density at radius 3 is 2.89 bits per heavy atom. The van der Waals surface area contributed by atoms with Gasteiger partial charge < -0.3 is 4.74 Å². The SMILES string of the molecule is COc1ccc(Br)cc1CC1(C#N)CCCCC1=O. The first-order chi connectivity index (χ1) is 9.11. The number of rotatable bonds is 3. The number of carbonyl (C=O) groups excluding carboxylic acids is 1. The first-order valence-corrected chi connectivity index (χ1v) is 7.17. The van der Waals surface area contributed by atoms with E-state index in [1.165, 1.54) is 0 Å². The maximum Gasteiger partial charge on any atom is 0.153 e. The maximum atomic E-state index is 12.2. The van der Waals surface area contributed by atoms with E-state index < -0.39 is 5.41 Å². The highest BCUT2D eigenvalue weighted by Crippen LogP contribution is 2.38. The number of benzene rings is 1. The molecule has 1 aromatic rings. The number of ether oxygens (including phenoxy) is 1. The Balaban J connectivity index is 2.35. The van der Waals surface area contributed by atoms with E-state index in [1.807, 2.05) is 18.2 Å². The van der Waals surface area contributed by atoms with Gasteiger partial charge in [-0.1, -0.05) is 22.4 Å². The van der Waals surface area contributed by atoms with Gasteiger partial charge in [0, 0.05) is 17.3 Å². The van der Waals surface area contributed by atoms with E-state index in [0.29, 0.717) is 19.3 Å². The topological polar surface area (TPSA) is 50.1 Å². The second-order valence-corrected chi connectivity index (χ2v) is 5.87. The van der Waals surface area contributed by atoms with Crippen molar-refractivity contribution in [1.29, 1.82) is 5.26 Å². The van der Waals surface area contributed by atoms with E-state index in [4.69, 9.17) is 4.74 Å². The minimum absolute atomic E-state index is 0.0725. The van der Waals surface area contributed by atoms with Crippen LogP contribution < -0.4 is 4.74 Å². The fraction of sp³-hybridized carbons (Fsp3) is 0.467. The first kappa shape index (κ1) is 14.1. The lowest BCUT2D eigenvalue weighted by Gasteiger charge is -2.29. The molecule has 0 heterocycles. The maximum absolute atomic E-state index is 12.2. The first-order valence-electron chi connectivity index (χ1n) is 6.38. The number of halogens is 1. The van der Waals surface area contributed by atoms with Crippen molar-refractivity contribution in [2.24, 2.45) is 5.41 Å². The molecule has 100 valence electrons. The molecule has 0 aromatic heterocycles. The molecule has 3 nitrogen and oxygen atoms in total. The molecule has 0 spiro atoms. The van der Waals surface area contributed by atoms with Crippen LogP contribution in [0.15, 0.2) is 22.7 Å². The molecule has 0 N–H and O–H groups in total. The number of methoxy groups -OCH3 is 1. The molecule has 0 aliphatic heterocycles. The highest BCUT2D eigenvalue weighted by Gasteiger charge is 2.40. The second kappa shape index (κ2) is 5.75. The van der Waals surface area contributed by atoms with E-state index in [9.17, 15) is 10.1 Å². The van der Waals surface area contributed by atoms with E-state index in [0.717, 1.165) is 28.6 Å². The number of Topliss-reactive ketones (excluding diaryl/α,β-unsaturated/α-hetero) is 1. The Labute approximate surface area is 121 Å². The zero-order valence-electron chi connectivity index (χ0n) is 10.9.